The zero-order chi connectivity index (χ0) is 12.3. The summed E-state index contributed by atoms with van der Waals surface area (Å²) in [5.41, 5.74) is 3.76. The molecule has 2 rings (SSSR count). The molecular weight excluding hydrogens is 276 g/mol. The molecule has 0 amide bonds. The molecule has 2 nitrogen and oxygen atoms in total. The van der Waals surface area contributed by atoms with Crippen LogP contribution in [0.2, 0.25) is 0 Å². The number of benzene rings is 1. The highest BCUT2D eigenvalue weighted by molar-refractivity contribution is 9.10. The zero-order valence-electron chi connectivity index (χ0n) is 10.3. The molecule has 0 spiro atoms. The molecule has 0 N–H and O–H groups in total. The lowest BCUT2D eigenvalue weighted by atomic mass is 10.2. The Morgan fingerprint density at radius 1 is 1.18 bits per heavy atom. The highest BCUT2D eigenvalue weighted by Gasteiger charge is 2.05. The lowest BCUT2D eigenvalue weighted by Gasteiger charge is -2.06. The van der Waals surface area contributed by atoms with Gasteiger partial charge in [0, 0.05) is 10.2 Å². The fourth-order valence-corrected chi connectivity index (χ4v) is 2.36. The van der Waals surface area contributed by atoms with E-state index in [1.165, 1.54) is 17.0 Å². The predicted octanol–water partition coefficient (Wildman–Crippen LogP) is 3.82. The molecule has 90 valence electrons. The van der Waals surface area contributed by atoms with Crippen LogP contribution in [0.15, 0.2) is 34.8 Å². The van der Waals surface area contributed by atoms with Crippen molar-refractivity contribution < 1.29 is 0 Å². The molecular formula is C14H17BrN2. The number of hydrogen-bond donors (Lipinski definition) is 0. The molecule has 0 bridgehead atoms. The second-order valence-electron chi connectivity index (χ2n) is 4.12. The van der Waals surface area contributed by atoms with Gasteiger partial charge in [0.05, 0.1) is 12.2 Å². The van der Waals surface area contributed by atoms with Crippen LogP contribution in [0.1, 0.15) is 30.8 Å². The number of halogens is 1. The van der Waals surface area contributed by atoms with Gasteiger partial charge < -0.3 is 0 Å². The first kappa shape index (κ1) is 12.4. The molecule has 2 aromatic rings. The Morgan fingerprint density at radius 3 is 2.65 bits per heavy atom. The van der Waals surface area contributed by atoms with Crippen LogP contribution in [0, 0.1) is 0 Å². The maximum atomic E-state index is 4.63. The summed E-state index contributed by atoms with van der Waals surface area (Å²) in [6, 6.07) is 10.6. The van der Waals surface area contributed by atoms with Crippen LogP contribution < -0.4 is 0 Å². The number of nitrogens with zero attached hydrogens (tertiary/aromatic N) is 2. The second kappa shape index (κ2) is 5.50. The summed E-state index contributed by atoms with van der Waals surface area (Å²) >= 11 is 3.50. The lowest BCUT2D eigenvalue weighted by Crippen LogP contribution is -2.05. The Labute approximate surface area is 111 Å². The van der Waals surface area contributed by atoms with Gasteiger partial charge in [-0.2, -0.15) is 5.10 Å². The minimum absolute atomic E-state index is 0.850. The maximum absolute atomic E-state index is 4.63. The Balaban J connectivity index is 2.25. The van der Waals surface area contributed by atoms with Gasteiger partial charge in [0.25, 0.3) is 0 Å². The van der Waals surface area contributed by atoms with E-state index in [9.17, 15) is 0 Å². The van der Waals surface area contributed by atoms with Crippen molar-refractivity contribution in [2.24, 2.45) is 0 Å². The van der Waals surface area contributed by atoms with Crippen molar-refractivity contribution in [2.45, 2.75) is 33.2 Å². The van der Waals surface area contributed by atoms with Gasteiger partial charge in [0.15, 0.2) is 0 Å². The number of rotatable bonds is 4. The standard InChI is InChI=1S/C14H17BrN2/c1-3-13-9-14(4-2)17(16-13)10-11-6-5-7-12(15)8-11/h5-9H,3-4,10H2,1-2H3. The van der Waals surface area contributed by atoms with E-state index in [4.69, 9.17) is 0 Å². The summed E-state index contributed by atoms with van der Waals surface area (Å²) in [4.78, 5) is 0. The van der Waals surface area contributed by atoms with Crippen LogP contribution in [0.4, 0.5) is 0 Å². The van der Waals surface area contributed by atoms with E-state index in [2.05, 4.69) is 63.8 Å². The zero-order valence-corrected chi connectivity index (χ0v) is 11.9. The molecule has 0 aliphatic carbocycles. The van der Waals surface area contributed by atoms with Gasteiger partial charge in [-0.25, -0.2) is 0 Å². The maximum Gasteiger partial charge on any atom is 0.0663 e. The van der Waals surface area contributed by atoms with Crippen LogP contribution in [0.3, 0.4) is 0 Å². The lowest BCUT2D eigenvalue weighted by molar-refractivity contribution is 0.640. The van der Waals surface area contributed by atoms with Crippen molar-refractivity contribution in [3.63, 3.8) is 0 Å². The smallest absolute Gasteiger partial charge is 0.0663 e. The fraction of sp³-hybridized carbons (Fsp3) is 0.357. The molecule has 0 aliphatic heterocycles. The van der Waals surface area contributed by atoms with Crippen LogP contribution in [0.5, 0.6) is 0 Å². The summed E-state index contributed by atoms with van der Waals surface area (Å²) in [6.45, 7) is 5.17. The minimum Gasteiger partial charge on any atom is -0.265 e. The van der Waals surface area contributed by atoms with Gasteiger partial charge in [-0.15, -0.1) is 0 Å². The van der Waals surface area contributed by atoms with Crippen molar-refractivity contribution in [2.75, 3.05) is 0 Å². The van der Waals surface area contributed by atoms with E-state index in [-0.39, 0.29) is 0 Å². The molecule has 0 atom stereocenters. The molecule has 0 saturated carbocycles. The van der Waals surface area contributed by atoms with E-state index in [1.807, 2.05) is 6.07 Å². The molecule has 1 heterocycles. The molecule has 3 heteroatoms. The highest BCUT2D eigenvalue weighted by atomic mass is 79.9. The van der Waals surface area contributed by atoms with Crippen molar-refractivity contribution >= 4 is 15.9 Å². The quantitative estimate of drug-likeness (QED) is 0.838. The summed E-state index contributed by atoms with van der Waals surface area (Å²) in [6.07, 6.45) is 2.03. The number of hydrogen-bond acceptors (Lipinski definition) is 1. The third-order valence-corrected chi connectivity index (χ3v) is 3.35. The van der Waals surface area contributed by atoms with Gasteiger partial charge >= 0.3 is 0 Å². The third kappa shape index (κ3) is 2.97. The van der Waals surface area contributed by atoms with Crippen molar-refractivity contribution in [1.82, 2.24) is 9.78 Å². The molecule has 17 heavy (non-hydrogen) atoms. The summed E-state index contributed by atoms with van der Waals surface area (Å²) in [7, 11) is 0. The van der Waals surface area contributed by atoms with E-state index >= 15 is 0 Å². The molecule has 1 aromatic heterocycles. The van der Waals surface area contributed by atoms with Crippen molar-refractivity contribution in [3.05, 3.63) is 51.8 Å². The first-order valence-corrected chi connectivity index (χ1v) is 6.82. The van der Waals surface area contributed by atoms with Crippen molar-refractivity contribution in [1.29, 1.82) is 0 Å². The Bertz CT molecular complexity index is 503. The molecule has 0 fully saturated rings. The van der Waals surface area contributed by atoms with E-state index in [1.54, 1.807) is 0 Å². The Morgan fingerprint density at radius 2 is 2.00 bits per heavy atom. The normalized spacial score (nSPS) is 10.8. The molecule has 0 unspecified atom stereocenters. The predicted molar refractivity (Wildman–Crippen MR) is 74.2 cm³/mol. The number of aromatic nitrogens is 2. The van der Waals surface area contributed by atoms with Gasteiger partial charge in [-0.05, 0) is 36.6 Å². The van der Waals surface area contributed by atoms with Gasteiger partial charge in [-0.3, -0.25) is 4.68 Å². The van der Waals surface area contributed by atoms with Crippen LogP contribution >= 0.6 is 15.9 Å². The van der Waals surface area contributed by atoms with E-state index in [0.29, 0.717) is 0 Å². The summed E-state index contributed by atoms with van der Waals surface area (Å²) < 4.78 is 3.23. The summed E-state index contributed by atoms with van der Waals surface area (Å²) in [5.74, 6) is 0. The first-order chi connectivity index (χ1) is 8.22. The van der Waals surface area contributed by atoms with Gasteiger partial charge in [0.1, 0.15) is 0 Å². The van der Waals surface area contributed by atoms with Crippen molar-refractivity contribution in [3.8, 4) is 0 Å². The molecule has 0 radical (unpaired) electrons. The minimum atomic E-state index is 0.850. The topological polar surface area (TPSA) is 17.8 Å². The van der Waals surface area contributed by atoms with Crippen LogP contribution in [-0.4, -0.2) is 9.78 Å². The molecule has 0 aliphatic rings. The highest BCUT2D eigenvalue weighted by Crippen LogP contribution is 2.14. The molecule has 1 aromatic carbocycles. The monoisotopic (exact) mass is 292 g/mol. The fourth-order valence-electron chi connectivity index (χ4n) is 1.92. The van der Waals surface area contributed by atoms with Gasteiger partial charge in [0.2, 0.25) is 0 Å². The average Bonchev–Trinajstić information content (AvgIpc) is 2.71. The number of aryl methyl sites for hydroxylation is 2. The first-order valence-electron chi connectivity index (χ1n) is 6.03. The Hall–Kier alpha value is -1.09. The largest absolute Gasteiger partial charge is 0.265 e. The third-order valence-electron chi connectivity index (χ3n) is 2.86. The molecule has 0 saturated heterocycles. The van der Waals surface area contributed by atoms with Crippen LogP contribution in [-0.2, 0) is 19.4 Å². The van der Waals surface area contributed by atoms with Gasteiger partial charge in [-0.1, -0.05) is 41.9 Å². The summed E-state index contributed by atoms with van der Waals surface area (Å²) in [5, 5.41) is 4.63. The van der Waals surface area contributed by atoms with E-state index < -0.39 is 0 Å². The van der Waals surface area contributed by atoms with E-state index in [0.717, 1.165) is 23.9 Å². The SMILES string of the molecule is CCc1cc(CC)n(Cc2cccc(Br)c2)n1. The average molecular weight is 293 g/mol. The van der Waals surface area contributed by atoms with Crippen LogP contribution in [0.25, 0.3) is 0 Å². The second-order valence-corrected chi connectivity index (χ2v) is 5.04. The Kier molecular flexibility index (Phi) is 4.00.